The third-order valence-corrected chi connectivity index (χ3v) is 3.90. The standard InChI is InChI=1S/C15H24N2/c1-12-9-17(10-13(2)15(12)16-3)11-14-7-5-4-6-8-14/h4-8,12-13,15-16H,9-11H2,1-3H3/t12-,13-/m0/s1. The van der Waals surface area contributed by atoms with E-state index in [-0.39, 0.29) is 0 Å². The zero-order valence-electron chi connectivity index (χ0n) is 11.2. The molecule has 0 amide bonds. The summed E-state index contributed by atoms with van der Waals surface area (Å²) < 4.78 is 0. The molecule has 0 radical (unpaired) electrons. The van der Waals surface area contributed by atoms with Crippen molar-refractivity contribution in [2.75, 3.05) is 20.1 Å². The molecule has 0 spiro atoms. The lowest BCUT2D eigenvalue weighted by molar-refractivity contribution is 0.0987. The molecule has 2 nitrogen and oxygen atoms in total. The molecular formula is C15H24N2. The van der Waals surface area contributed by atoms with E-state index in [2.05, 4.69) is 61.4 Å². The lowest BCUT2D eigenvalue weighted by Gasteiger charge is -2.41. The molecule has 2 rings (SSSR count). The second-order valence-corrected chi connectivity index (χ2v) is 5.45. The minimum absolute atomic E-state index is 0.669. The first kappa shape index (κ1) is 12.6. The third-order valence-electron chi connectivity index (χ3n) is 3.90. The highest BCUT2D eigenvalue weighted by atomic mass is 15.2. The van der Waals surface area contributed by atoms with Gasteiger partial charge < -0.3 is 5.32 Å². The van der Waals surface area contributed by atoms with Gasteiger partial charge in [-0.2, -0.15) is 0 Å². The number of rotatable bonds is 3. The van der Waals surface area contributed by atoms with Crippen molar-refractivity contribution in [2.24, 2.45) is 11.8 Å². The Labute approximate surface area is 105 Å². The molecule has 1 fully saturated rings. The van der Waals surface area contributed by atoms with E-state index in [0.29, 0.717) is 6.04 Å². The SMILES string of the molecule is CNC1[C@@H](C)CN(Cc2ccccc2)C[C@@H]1C. The van der Waals surface area contributed by atoms with Crippen LogP contribution in [0.1, 0.15) is 19.4 Å². The van der Waals surface area contributed by atoms with Crippen LogP contribution < -0.4 is 5.32 Å². The van der Waals surface area contributed by atoms with Gasteiger partial charge in [0.1, 0.15) is 0 Å². The summed E-state index contributed by atoms with van der Waals surface area (Å²) >= 11 is 0. The highest BCUT2D eigenvalue weighted by Crippen LogP contribution is 2.23. The number of likely N-dealkylation sites (tertiary alicyclic amines) is 1. The number of hydrogen-bond acceptors (Lipinski definition) is 2. The molecule has 1 aromatic rings. The summed E-state index contributed by atoms with van der Waals surface area (Å²) in [6, 6.07) is 11.5. The molecule has 0 aromatic heterocycles. The zero-order valence-corrected chi connectivity index (χ0v) is 11.2. The maximum Gasteiger partial charge on any atom is 0.0233 e. The van der Waals surface area contributed by atoms with E-state index in [0.717, 1.165) is 18.4 Å². The van der Waals surface area contributed by atoms with Crippen LogP contribution in [0.2, 0.25) is 0 Å². The molecule has 94 valence electrons. The second kappa shape index (κ2) is 5.65. The average Bonchev–Trinajstić information content (AvgIpc) is 2.30. The number of benzene rings is 1. The van der Waals surface area contributed by atoms with E-state index in [1.807, 2.05) is 0 Å². The van der Waals surface area contributed by atoms with Gasteiger partial charge in [0, 0.05) is 25.7 Å². The Morgan fingerprint density at radius 1 is 1.12 bits per heavy atom. The van der Waals surface area contributed by atoms with Crippen molar-refractivity contribution < 1.29 is 0 Å². The van der Waals surface area contributed by atoms with Crippen LogP contribution >= 0.6 is 0 Å². The van der Waals surface area contributed by atoms with E-state index < -0.39 is 0 Å². The van der Waals surface area contributed by atoms with E-state index in [1.165, 1.54) is 18.7 Å². The molecule has 1 heterocycles. The molecule has 0 saturated carbocycles. The van der Waals surface area contributed by atoms with E-state index in [4.69, 9.17) is 0 Å². The molecule has 2 atom stereocenters. The van der Waals surface area contributed by atoms with Gasteiger partial charge >= 0.3 is 0 Å². The van der Waals surface area contributed by atoms with Crippen LogP contribution in [0.15, 0.2) is 30.3 Å². The lowest BCUT2D eigenvalue weighted by atomic mass is 9.86. The minimum atomic E-state index is 0.669. The summed E-state index contributed by atoms with van der Waals surface area (Å²) in [5.41, 5.74) is 1.43. The second-order valence-electron chi connectivity index (χ2n) is 5.45. The van der Waals surface area contributed by atoms with Crippen molar-refractivity contribution >= 4 is 0 Å². The maximum atomic E-state index is 3.46. The first-order valence-electron chi connectivity index (χ1n) is 6.64. The van der Waals surface area contributed by atoms with Crippen molar-refractivity contribution in [1.82, 2.24) is 10.2 Å². The Morgan fingerprint density at radius 2 is 1.71 bits per heavy atom. The molecular weight excluding hydrogens is 208 g/mol. The number of hydrogen-bond donors (Lipinski definition) is 1. The molecule has 1 aromatic carbocycles. The third kappa shape index (κ3) is 3.08. The largest absolute Gasteiger partial charge is 0.316 e. The maximum absolute atomic E-state index is 3.46. The molecule has 2 heteroatoms. The van der Waals surface area contributed by atoms with Crippen LogP contribution in [0.5, 0.6) is 0 Å². The molecule has 1 N–H and O–H groups in total. The fourth-order valence-electron chi connectivity index (χ4n) is 3.22. The normalized spacial score (nSPS) is 27.2. The van der Waals surface area contributed by atoms with Gasteiger partial charge in [0.2, 0.25) is 0 Å². The highest BCUT2D eigenvalue weighted by molar-refractivity contribution is 5.14. The van der Waals surface area contributed by atoms with Crippen molar-refractivity contribution in [3.63, 3.8) is 0 Å². The van der Waals surface area contributed by atoms with Crippen molar-refractivity contribution in [3.8, 4) is 0 Å². The number of nitrogens with zero attached hydrogens (tertiary/aromatic N) is 1. The summed E-state index contributed by atoms with van der Waals surface area (Å²) in [6.45, 7) is 8.20. The summed E-state index contributed by atoms with van der Waals surface area (Å²) in [7, 11) is 2.09. The fourth-order valence-corrected chi connectivity index (χ4v) is 3.22. The van der Waals surface area contributed by atoms with Crippen LogP contribution in [0.25, 0.3) is 0 Å². The van der Waals surface area contributed by atoms with Gasteiger partial charge in [0.25, 0.3) is 0 Å². The summed E-state index contributed by atoms with van der Waals surface area (Å²) in [5.74, 6) is 1.46. The molecule has 17 heavy (non-hydrogen) atoms. The molecule has 0 unspecified atom stereocenters. The Hall–Kier alpha value is -0.860. The number of nitrogens with one attached hydrogen (secondary N) is 1. The first-order valence-corrected chi connectivity index (χ1v) is 6.64. The topological polar surface area (TPSA) is 15.3 Å². The highest BCUT2D eigenvalue weighted by Gasteiger charge is 2.30. The van der Waals surface area contributed by atoms with Crippen molar-refractivity contribution in [3.05, 3.63) is 35.9 Å². The smallest absolute Gasteiger partial charge is 0.0233 e. The van der Waals surface area contributed by atoms with Crippen LogP contribution in [0.3, 0.4) is 0 Å². The van der Waals surface area contributed by atoms with Gasteiger partial charge in [0.15, 0.2) is 0 Å². The predicted molar refractivity (Wildman–Crippen MR) is 72.9 cm³/mol. The first-order chi connectivity index (χ1) is 8.20. The summed E-state index contributed by atoms with van der Waals surface area (Å²) in [4.78, 5) is 2.58. The quantitative estimate of drug-likeness (QED) is 0.860. The lowest BCUT2D eigenvalue weighted by Crippen LogP contribution is -2.52. The summed E-state index contributed by atoms with van der Waals surface area (Å²) in [5, 5.41) is 3.46. The Balaban J connectivity index is 1.96. The molecule has 1 saturated heterocycles. The Kier molecular flexibility index (Phi) is 4.19. The molecule has 0 aliphatic carbocycles. The van der Waals surface area contributed by atoms with Crippen LogP contribution in [-0.2, 0) is 6.54 Å². The van der Waals surface area contributed by atoms with Crippen LogP contribution in [0, 0.1) is 11.8 Å². The predicted octanol–water partition coefficient (Wildman–Crippen LogP) is 2.36. The monoisotopic (exact) mass is 232 g/mol. The van der Waals surface area contributed by atoms with Crippen LogP contribution in [-0.4, -0.2) is 31.1 Å². The van der Waals surface area contributed by atoms with Crippen LogP contribution in [0.4, 0.5) is 0 Å². The minimum Gasteiger partial charge on any atom is -0.316 e. The number of piperidine rings is 1. The van der Waals surface area contributed by atoms with Gasteiger partial charge in [-0.3, -0.25) is 4.90 Å². The molecule has 0 bridgehead atoms. The molecule has 1 aliphatic heterocycles. The average molecular weight is 232 g/mol. The Bertz CT molecular complexity index is 324. The Morgan fingerprint density at radius 3 is 2.24 bits per heavy atom. The van der Waals surface area contributed by atoms with Gasteiger partial charge in [0.05, 0.1) is 0 Å². The van der Waals surface area contributed by atoms with Gasteiger partial charge in [-0.05, 0) is 24.4 Å². The van der Waals surface area contributed by atoms with E-state index in [9.17, 15) is 0 Å². The summed E-state index contributed by atoms with van der Waals surface area (Å²) in [6.07, 6.45) is 0. The zero-order chi connectivity index (χ0) is 12.3. The van der Waals surface area contributed by atoms with Crippen molar-refractivity contribution in [1.29, 1.82) is 0 Å². The molecule has 1 aliphatic rings. The van der Waals surface area contributed by atoms with E-state index >= 15 is 0 Å². The fraction of sp³-hybridized carbons (Fsp3) is 0.600. The van der Waals surface area contributed by atoms with Gasteiger partial charge in [-0.1, -0.05) is 44.2 Å². The van der Waals surface area contributed by atoms with E-state index in [1.54, 1.807) is 0 Å². The van der Waals surface area contributed by atoms with Crippen molar-refractivity contribution in [2.45, 2.75) is 26.4 Å². The van der Waals surface area contributed by atoms with Gasteiger partial charge in [-0.15, -0.1) is 0 Å². The van der Waals surface area contributed by atoms with Gasteiger partial charge in [-0.25, -0.2) is 0 Å².